The van der Waals surface area contributed by atoms with E-state index in [0.717, 1.165) is 23.7 Å². The van der Waals surface area contributed by atoms with Gasteiger partial charge >= 0.3 is 0 Å². The van der Waals surface area contributed by atoms with Gasteiger partial charge in [-0.3, -0.25) is 0 Å². The summed E-state index contributed by atoms with van der Waals surface area (Å²) in [6, 6.07) is 7.11. The molecule has 1 aromatic rings. The Hall–Kier alpha value is -0.820. The summed E-state index contributed by atoms with van der Waals surface area (Å²) in [6.45, 7) is 4.52. The standard InChI is InChI=1S/C19H27N/c1-12-4-5-18(13(2)6-12)19(20-3)16-8-14-7-15(10-16)11-17(19)9-14/h4-6,14-17,20H,7-11H2,1-3H3. The van der Waals surface area contributed by atoms with Gasteiger partial charge in [0.2, 0.25) is 0 Å². The van der Waals surface area contributed by atoms with Crippen molar-refractivity contribution in [1.29, 1.82) is 0 Å². The van der Waals surface area contributed by atoms with E-state index in [9.17, 15) is 0 Å². The van der Waals surface area contributed by atoms with E-state index in [-0.39, 0.29) is 5.54 Å². The first-order valence-corrected chi connectivity index (χ1v) is 8.40. The first-order valence-electron chi connectivity index (χ1n) is 8.40. The lowest BCUT2D eigenvalue weighted by atomic mass is 9.47. The summed E-state index contributed by atoms with van der Waals surface area (Å²) in [5, 5.41) is 3.84. The van der Waals surface area contributed by atoms with Crippen LogP contribution in [0.1, 0.15) is 48.8 Å². The number of hydrogen-bond donors (Lipinski definition) is 1. The third kappa shape index (κ3) is 1.59. The molecule has 0 spiro atoms. The summed E-state index contributed by atoms with van der Waals surface area (Å²) in [7, 11) is 2.21. The molecule has 108 valence electrons. The normalized spacial score (nSPS) is 42.1. The molecule has 4 saturated carbocycles. The molecule has 0 amide bonds. The van der Waals surface area contributed by atoms with Crippen molar-refractivity contribution < 1.29 is 0 Å². The monoisotopic (exact) mass is 269 g/mol. The zero-order valence-corrected chi connectivity index (χ0v) is 13.1. The molecule has 0 aromatic heterocycles. The molecule has 4 aliphatic rings. The third-order valence-electron chi connectivity index (χ3n) is 6.67. The largest absolute Gasteiger partial charge is 0.310 e. The molecular weight excluding hydrogens is 242 g/mol. The molecule has 1 heteroatoms. The van der Waals surface area contributed by atoms with Crippen molar-refractivity contribution in [2.24, 2.45) is 23.7 Å². The predicted molar refractivity (Wildman–Crippen MR) is 83.7 cm³/mol. The maximum atomic E-state index is 3.84. The molecule has 0 unspecified atom stereocenters. The van der Waals surface area contributed by atoms with Crippen LogP contribution < -0.4 is 5.32 Å². The zero-order chi connectivity index (χ0) is 13.9. The fraction of sp³-hybridized carbons (Fsp3) is 0.684. The van der Waals surface area contributed by atoms with Crippen LogP contribution >= 0.6 is 0 Å². The van der Waals surface area contributed by atoms with Gasteiger partial charge in [-0.25, -0.2) is 0 Å². The molecule has 1 aromatic carbocycles. The molecule has 5 rings (SSSR count). The second kappa shape index (κ2) is 4.34. The maximum Gasteiger partial charge on any atom is 0.0492 e. The first kappa shape index (κ1) is 12.9. The molecule has 0 heterocycles. The van der Waals surface area contributed by atoms with E-state index in [4.69, 9.17) is 0 Å². The maximum absolute atomic E-state index is 3.84. The molecule has 4 fully saturated rings. The molecule has 1 N–H and O–H groups in total. The highest BCUT2D eigenvalue weighted by atomic mass is 15.0. The highest BCUT2D eigenvalue weighted by Gasteiger charge is 2.57. The molecule has 1 nitrogen and oxygen atoms in total. The summed E-state index contributed by atoms with van der Waals surface area (Å²) in [5.41, 5.74) is 4.75. The second-order valence-electron chi connectivity index (χ2n) is 7.74. The van der Waals surface area contributed by atoms with E-state index < -0.39 is 0 Å². The lowest BCUT2D eigenvalue weighted by Crippen LogP contribution is -2.61. The Labute approximate surface area is 123 Å². The van der Waals surface area contributed by atoms with Crippen LogP contribution in [-0.4, -0.2) is 7.05 Å². The van der Waals surface area contributed by atoms with Gasteiger partial charge in [-0.15, -0.1) is 0 Å². The average Bonchev–Trinajstić information content (AvgIpc) is 2.40. The van der Waals surface area contributed by atoms with Gasteiger partial charge in [0.25, 0.3) is 0 Å². The Morgan fingerprint density at radius 2 is 1.55 bits per heavy atom. The molecular formula is C19H27N. The third-order valence-corrected chi connectivity index (χ3v) is 6.67. The molecule has 4 bridgehead atoms. The van der Waals surface area contributed by atoms with Crippen molar-refractivity contribution in [2.75, 3.05) is 7.05 Å². The van der Waals surface area contributed by atoms with E-state index in [2.05, 4.69) is 44.4 Å². The van der Waals surface area contributed by atoms with Crippen molar-refractivity contribution in [1.82, 2.24) is 5.32 Å². The van der Waals surface area contributed by atoms with Gasteiger partial charge in [-0.1, -0.05) is 23.8 Å². The summed E-state index contributed by atoms with van der Waals surface area (Å²) in [5.74, 6) is 3.80. The molecule has 0 saturated heterocycles. The van der Waals surface area contributed by atoms with E-state index in [0.29, 0.717) is 0 Å². The summed E-state index contributed by atoms with van der Waals surface area (Å²) in [6.07, 6.45) is 7.37. The van der Waals surface area contributed by atoms with Crippen molar-refractivity contribution in [2.45, 2.75) is 51.5 Å². The van der Waals surface area contributed by atoms with Crippen LogP contribution in [0.5, 0.6) is 0 Å². The number of benzene rings is 1. The average molecular weight is 269 g/mol. The van der Waals surface area contributed by atoms with Crippen molar-refractivity contribution in [3.63, 3.8) is 0 Å². The molecule has 20 heavy (non-hydrogen) atoms. The molecule has 0 aliphatic heterocycles. The number of rotatable bonds is 2. The summed E-state index contributed by atoms with van der Waals surface area (Å²) < 4.78 is 0. The Morgan fingerprint density at radius 3 is 2.05 bits per heavy atom. The highest BCUT2D eigenvalue weighted by molar-refractivity contribution is 5.39. The fourth-order valence-corrected chi connectivity index (χ4v) is 6.19. The molecule has 4 aliphatic carbocycles. The first-order chi connectivity index (χ1) is 9.63. The van der Waals surface area contributed by atoms with Crippen LogP contribution in [-0.2, 0) is 5.54 Å². The topological polar surface area (TPSA) is 12.0 Å². The number of nitrogens with one attached hydrogen (secondary N) is 1. The van der Waals surface area contributed by atoms with E-state index >= 15 is 0 Å². The van der Waals surface area contributed by atoms with Crippen LogP contribution in [0.3, 0.4) is 0 Å². The predicted octanol–water partition coefficient (Wildman–Crippen LogP) is 4.17. The quantitative estimate of drug-likeness (QED) is 0.849. The SMILES string of the molecule is CNC1(c2ccc(C)cc2C)C2CC3CC(C2)CC1C3. The van der Waals surface area contributed by atoms with Gasteiger partial charge < -0.3 is 5.32 Å². The summed E-state index contributed by atoms with van der Waals surface area (Å²) in [4.78, 5) is 0. The molecule has 0 atom stereocenters. The zero-order valence-electron chi connectivity index (χ0n) is 13.1. The number of hydrogen-bond acceptors (Lipinski definition) is 1. The van der Waals surface area contributed by atoms with E-state index in [1.807, 2.05) is 0 Å². The highest BCUT2D eigenvalue weighted by Crippen LogP contribution is 2.61. The van der Waals surface area contributed by atoms with Gasteiger partial charge in [-0.05, 0) is 87.8 Å². The Morgan fingerprint density at radius 1 is 0.950 bits per heavy atom. The minimum absolute atomic E-state index is 0.269. The van der Waals surface area contributed by atoms with Crippen molar-refractivity contribution >= 4 is 0 Å². The summed E-state index contributed by atoms with van der Waals surface area (Å²) >= 11 is 0. The minimum Gasteiger partial charge on any atom is -0.310 e. The van der Waals surface area contributed by atoms with Gasteiger partial charge in [0, 0.05) is 5.54 Å². The van der Waals surface area contributed by atoms with Gasteiger partial charge in [0.15, 0.2) is 0 Å². The van der Waals surface area contributed by atoms with Gasteiger partial charge in [0.1, 0.15) is 0 Å². The Kier molecular flexibility index (Phi) is 2.79. The van der Waals surface area contributed by atoms with Gasteiger partial charge in [0.05, 0.1) is 0 Å². The lowest BCUT2D eigenvalue weighted by molar-refractivity contribution is -0.0747. The van der Waals surface area contributed by atoms with E-state index in [1.165, 1.54) is 43.2 Å². The van der Waals surface area contributed by atoms with E-state index in [1.54, 1.807) is 5.56 Å². The number of aryl methyl sites for hydroxylation is 2. The fourth-order valence-electron chi connectivity index (χ4n) is 6.19. The van der Waals surface area contributed by atoms with Crippen LogP contribution in [0, 0.1) is 37.5 Å². The van der Waals surface area contributed by atoms with Crippen molar-refractivity contribution in [3.8, 4) is 0 Å². The van der Waals surface area contributed by atoms with Crippen LogP contribution in [0.15, 0.2) is 18.2 Å². The smallest absolute Gasteiger partial charge is 0.0492 e. The lowest BCUT2D eigenvalue weighted by Gasteiger charge is -2.62. The molecule has 0 radical (unpaired) electrons. The van der Waals surface area contributed by atoms with Gasteiger partial charge in [-0.2, -0.15) is 0 Å². The van der Waals surface area contributed by atoms with Crippen LogP contribution in [0.2, 0.25) is 0 Å². The minimum atomic E-state index is 0.269. The van der Waals surface area contributed by atoms with Crippen LogP contribution in [0.25, 0.3) is 0 Å². The Balaban J connectivity index is 1.83. The van der Waals surface area contributed by atoms with Crippen molar-refractivity contribution in [3.05, 3.63) is 34.9 Å². The second-order valence-corrected chi connectivity index (χ2v) is 7.74. The van der Waals surface area contributed by atoms with Crippen LogP contribution in [0.4, 0.5) is 0 Å². The Bertz CT molecular complexity index is 503.